The van der Waals surface area contributed by atoms with Crippen molar-refractivity contribution in [1.82, 2.24) is 4.90 Å². The van der Waals surface area contributed by atoms with Crippen molar-refractivity contribution in [2.24, 2.45) is 11.8 Å². The lowest BCUT2D eigenvalue weighted by atomic mass is 9.71. The van der Waals surface area contributed by atoms with Gasteiger partial charge >= 0.3 is 0 Å². The van der Waals surface area contributed by atoms with Gasteiger partial charge in [0.15, 0.2) is 12.2 Å². The molecule has 1 fully saturated rings. The Morgan fingerprint density at radius 3 is 2.27 bits per heavy atom. The highest BCUT2D eigenvalue weighted by atomic mass is 16.5. The van der Waals surface area contributed by atoms with E-state index in [1.54, 1.807) is 28.5 Å². The lowest BCUT2D eigenvalue weighted by molar-refractivity contribution is -0.150. The molecule has 2 N–H and O–H groups in total. The zero-order chi connectivity index (χ0) is 35.9. The highest BCUT2D eigenvalue weighted by Crippen LogP contribution is 2.58. The van der Waals surface area contributed by atoms with Crippen LogP contribution in [0.1, 0.15) is 43.9 Å². The van der Waals surface area contributed by atoms with E-state index in [1.165, 1.54) is 0 Å². The van der Waals surface area contributed by atoms with Crippen LogP contribution >= 0.6 is 0 Å². The molecule has 0 radical (unpaired) electrons. The van der Waals surface area contributed by atoms with E-state index in [-0.39, 0.29) is 50.4 Å². The molecule has 51 heavy (non-hydrogen) atoms. The molecule has 0 aromatic heterocycles. The molecule has 4 atom stereocenters. The fraction of sp³-hybridized carbons (Fsp3) is 0.341. The second-order valence-electron chi connectivity index (χ2n) is 14.1. The molecule has 264 valence electrons. The van der Waals surface area contributed by atoms with Crippen LogP contribution in [0.4, 0.5) is 17.1 Å². The number of fused-ring (bicyclic) bond motifs is 3. The van der Waals surface area contributed by atoms with Gasteiger partial charge < -0.3 is 29.5 Å². The van der Waals surface area contributed by atoms with E-state index in [0.29, 0.717) is 34.9 Å². The SMILES string of the molecule is C[C@@H]1[C@@H](C(C)(C)O)[C@H](CC(=O)N(CCO)Cc2ccccc2)O[C@@]12C(=O)N(Cc1ccc(N3C(=O)COc4ccccc43)cc1)c1ccccc12. The molecule has 4 aromatic carbocycles. The molecule has 4 aromatic rings. The molecule has 0 aliphatic carbocycles. The number of aliphatic hydroxyl groups is 2. The molecule has 3 amide bonds. The van der Waals surface area contributed by atoms with E-state index in [4.69, 9.17) is 9.47 Å². The van der Waals surface area contributed by atoms with Crippen molar-refractivity contribution in [3.05, 3.63) is 120 Å². The summed E-state index contributed by atoms with van der Waals surface area (Å²) in [5.74, 6) is -1.05. The highest BCUT2D eigenvalue weighted by molar-refractivity contribution is 6.08. The molecule has 0 unspecified atom stereocenters. The summed E-state index contributed by atoms with van der Waals surface area (Å²) < 4.78 is 12.5. The fourth-order valence-corrected chi connectivity index (χ4v) is 8.22. The van der Waals surface area contributed by atoms with E-state index < -0.39 is 29.1 Å². The molecule has 1 saturated heterocycles. The third kappa shape index (κ3) is 6.17. The highest BCUT2D eigenvalue weighted by Gasteiger charge is 2.66. The van der Waals surface area contributed by atoms with Crippen LogP contribution in [0.25, 0.3) is 0 Å². The number of benzene rings is 4. The van der Waals surface area contributed by atoms with Crippen molar-refractivity contribution in [2.75, 3.05) is 29.6 Å². The van der Waals surface area contributed by atoms with Crippen LogP contribution in [0.5, 0.6) is 5.75 Å². The standard InChI is InChI=1S/C41H43N3O7/c1-27-38(40(2,3)49)35(23-36(46)42(21-22-45)24-28-11-5-4-6-12-28)51-41(27)31-13-7-8-14-32(31)43(39(41)48)25-29-17-19-30(20-18-29)44-33-15-9-10-16-34(33)50-26-37(44)47/h4-20,27,35,38,45,49H,21-26H2,1-3H3/t27-,35+,38-,41+/m1/s1. The summed E-state index contributed by atoms with van der Waals surface area (Å²) in [5.41, 5.74) is 1.87. The molecule has 0 bridgehead atoms. The number of hydrogen-bond acceptors (Lipinski definition) is 7. The normalized spacial score (nSPS) is 22.6. The van der Waals surface area contributed by atoms with Gasteiger partial charge in [-0.25, -0.2) is 0 Å². The maximum Gasteiger partial charge on any atom is 0.269 e. The molecule has 3 heterocycles. The first-order valence-corrected chi connectivity index (χ1v) is 17.4. The Labute approximate surface area is 297 Å². The fourth-order valence-electron chi connectivity index (χ4n) is 8.22. The number of anilines is 3. The van der Waals surface area contributed by atoms with Crippen LogP contribution in [0.15, 0.2) is 103 Å². The van der Waals surface area contributed by atoms with Gasteiger partial charge in [0.2, 0.25) is 5.91 Å². The first kappa shape index (κ1) is 34.4. The van der Waals surface area contributed by atoms with Gasteiger partial charge in [-0.05, 0) is 55.3 Å². The number of ether oxygens (including phenoxy) is 2. The Morgan fingerprint density at radius 1 is 0.902 bits per heavy atom. The zero-order valence-electron chi connectivity index (χ0n) is 29.1. The summed E-state index contributed by atoms with van der Waals surface area (Å²) in [5, 5.41) is 21.3. The minimum atomic E-state index is -1.42. The number of amides is 3. The Hall–Kier alpha value is -5.03. The average molecular weight is 690 g/mol. The smallest absolute Gasteiger partial charge is 0.269 e. The number of hydrogen-bond donors (Lipinski definition) is 2. The van der Waals surface area contributed by atoms with Gasteiger partial charge in [-0.2, -0.15) is 0 Å². The molecule has 0 saturated carbocycles. The Morgan fingerprint density at radius 2 is 1.57 bits per heavy atom. The van der Waals surface area contributed by atoms with Gasteiger partial charge in [0.1, 0.15) is 5.75 Å². The van der Waals surface area contributed by atoms with Crippen LogP contribution in [0, 0.1) is 11.8 Å². The lowest BCUT2D eigenvalue weighted by Crippen LogP contribution is -2.46. The molecule has 3 aliphatic rings. The molecule has 7 rings (SSSR count). The zero-order valence-corrected chi connectivity index (χ0v) is 29.1. The minimum Gasteiger partial charge on any atom is -0.482 e. The summed E-state index contributed by atoms with van der Waals surface area (Å²) in [4.78, 5) is 46.5. The largest absolute Gasteiger partial charge is 0.482 e. The van der Waals surface area contributed by atoms with Crippen molar-refractivity contribution in [3.8, 4) is 5.75 Å². The predicted molar refractivity (Wildman–Crippen MR) is 192 cm³/mol. The van der Waals surface area contributed by atoms with Crippen LogP contribution in [-0.2, 0) is 37.8 Å². The molecule has 1 spiro atoms. The topological polar surface area (TPSA) is 120 Å². The Balaban J connectivity index is 1.16. The maximum atomic E-state index is 14.8. The van der Waals surface area contributed by atoms with Crippen LogP contribution in [0.2, 0.25) is 0 Å². The first-order chi connectivity index (χ1) is 24.5. The van der Waals surface area contributed by atoms with E-state index >= 15 is 0 Å². The van der Waals surface area contributed by atoms with E-state index in [9.17, 15) is 24.6 Å². The molecular weight excluding hydrogens is 646 g/mol. The maximum absolute atomic E-state index is 14.8. The van der Waals surface area contributed by atoms with Crippen molar-refractivity contribution >= 4 is 34.8 Å². The average Bonchev–Trinajstić information content (AvgIpc) is 3.55. The van der Waals surface area contributed by atoms with Gasteiger partial charge in [0.25, 0.3) is 11.8 Å². The second kappa shape index (κ2) is 13.6. The van der Waals surface area contributed by atoms with Gasteiger partial charge in [0, 0.05) is 36.2 Å². The number of carbonyl (C=O) groups is 3. The van der Waals surface area contributed by atoms with Crippen molar-refractivity contribution in [1.29, 1.82) is 0 Å². The summed E-state index contributed by atoms with van der Waals surface area (Å²) in [7, 11) is 0. The minimum absolute atomic E-state index is 0.0528. The van der Waals surface area contributed by atoms with Gasteiger partial charge in [-0.15, -0.1) is 0 Å². The van der Waals surface area contributed by atoms with Crippen LogP contribution in [0.3, 0.4) is 0 Å². The summed E-state index contributed by atoms with van der Waals surface area (Å²) >= 11 is 0. The van der Waals surface area contributed by atoms with E-state index in [0.717, 1.165) is 11.1 Å². The monoisotopic (exact) mass is 689 g/mol. The lowest BCUT2D eigenvalue weighted by Gasteiger charge is -2.34. The number of rotatable bonds is 10. The molecule has 10 heteroatoms. The Kier molecular flexibility index (Phi) is 9.18. The second-order valence-corrected chi connectivity index (χ2v) is 14.1. The van der Waals surface area contributed by atoms with Gasteiger partial charge in [-0.3, -0.25) is 19.3 Å². The quantitative estimate of drug-likeness (QED) is 0.231. The first-order valence-electron chi connectivity index (χ1n) is 17.4. The molecule has 3 aliphatic heterocycles. The summed E-state index contributed by atoms with van der Waals surface area (Å²) in [6.45, 7) is 5.79. The third-order valence-electron chi connectivity index (χ3n) is 10.4. The van der Waals surface area contributed by atoms with Crippen molar-refractivity contribution in [2.45, 2.75) is 57.6 Å². The summed E-state index contributed by atoms with van der Waals surface area (Å²) in [6, 6.07) is 32.1. The van der Waals surface area contributed by atoms with E-state index in [2.05, 4.69) is 0 Å². The summed E-state index contributed by atoms with van der Waals surface area (Å²) in [6.07, 6.45) is -0.830. The van der Waals surface area contributed by atoms with E-state index in [1.807, 2.05) is 110 Å². The van der Waals surface area contributed by atoms with Crippen LogP contribution < -0.4 is 14.5 Å². The number of carbonyl (C=O) groups excluding carboxylic acids is 3. The van der Waals surface area contributed by atoms with Crippen molar-refractivity contribution < 1.29 is 34.1 Å². The van der Waals surface area contributed by atoms with Crippen LogP contribution in [-0.4, -0.2) is 64.3 Å². The third-order valence-corrected chi connectivity index (χ3v) is 10.4. The number of aliphatic hydroxyl groups excluding tert-OH is 1. The molecule has 10 nitrogen and oxygen atoms in total. The number of nitrogens with zero attached hydrogens (tertiary/aromatic N) is 3. The van der Waals surface area contributed by atoms with Gasteiger partial charge in [-0.1, -0.05) is 79.7 Å². The van der Waals surface area contributed by atoms with Crippen molar-refractivity contribution in [3.63, 3.8) is 0 Å². The van der Waals surface area contributed by atoms with Gasteiger partial charge in [0.05, 0.1) is 42.7 Å². The number of para-hydroxylation sites is 3. The predicted octanol–water partition coefficient (Wildman–Crippen LogP) is 5.32. The Bertz CT molecular complexity index is 1930. The molecular formula is C41H43N3O7.